The molecule has 0 saturated carbocycles. The van der Waals surface area contributed by atoms with Crippen molar-refractivity contribution in [3.8, 4) is 0 Å². The molecule has 1 saturated heterocycles. The lowest BCUT2D eigenvalue weighted by atomic mass is 10.0. The van der Waals surface area contributed by atoms with Gasteiger partial charge in [0.2, 0.25) is 5.91 Å². The van der Waals surface area contributed by atoms with Crippen LogP contribution in [0, 0.1) is 17.6 Å². The third-order valence-electron chi connectivity index (χ3n) is 3.14. The number of carbonyl (C=O) groups excluding carboxylic acids is 1. The molecule has 2 rings (SSSR count). The van der Waals surface area contributed by atoms with Crippen molar-refractivity contribution in [2.75, 3.05) is 16.8 Å². The predicted octanol–water partition coefficient (Wildman–Crippen LogP) is 1.73. The summed E-state index contributed by atoms with van der Waals surface area (Å²) in [4.78, 5) is 11.8. The van der Waals surface area contributed by atoms with E-state index in [0.29, 0.717) is 0 Å². The Kier molecular flexibility index (Phi) is 3.84. The van der Waals surface area contributed by atoms with E-state index in [2.05, 4.69) is 5.32 Å². The fourth-order valence-corrected chi connectivity index (χ4v) is 3.49. The average molecular weight is 289 g/mol. The van der Waals surface area contributed by atoms with E-state index in [-0.39, 0.29) is 24.3 Å². The molecule has 0 aliphatic carbocycles. The van der Waals surface area contributed by atoms with E-state index in [1.807, 2.05) is 0 Å². The van der Waals surface area contributed by atoms with E-state index < -0.39 is 39.0 Å². The normalized spacial score (nSPS) is 19.1. The van der Waals surface area contributed by atoms with E-state index >= 15 is 0 Å². The van der Waals surface area contributed by atoms with Gasteiger partial charge in [-0.2, -0.15) is 0 Å². The zero-order chi connectivity index (χ0) is 14.0. The van der Waals surface area contributed by atoms with Crippen LogP contribution in [0.1, 0.15) is 12.8 Å². The molecule has 19 heavy (non-hydrogen) atoms. The van der Waals surface area contributed by atoms with Crippen molar-refractivity contribution in [1.29, 1.82) is 0 Å². The first-order chi connectivity index (χ1) is 8.89. The number of benzene rings is 1. The van der Waals surface area contributed by atoms with Crippen LogP contribution < -0.4 is 5.32 Å². The summed E-state index contributed by atoms with van der Waals surface area (Å²) in [5.41, 5.74) is -0.485. The van der Waals surface area contributed by atoms with Gasteiger partial charge in [0.1, 0.15) is 27.2 Å². The van der Waals surface area contributed by atoms with E-state index in [9.17, 15) is 22.0 Å². The number of hydrogen-bond acceptors (Lipinski definition) is 3. The zero-order valence-corrected chi connectivity index (χ0v) is 10.8. The first kappa shape index (κ1) is 13.9. The maximum absolute atomic E-state index is 13.4. The van der Waals surface area contributed by atoms with Gasteiger partial charge in [0.05, 0.1) is 11.5 Å². The van der Waals surface area contributed by atoms with Crippen molar-refractivity contribution >= 4 is 21.4 Å². The lowest BCUT2D eigenvalue weighted by Gasteiger charge is -2.21. The molecule has 0 bridgehead atoms. The highest BCUT2D eigenvalue weighted by molar-refractivity contribution is 7.91. The van der Waals surface area contributed by atoms with Crippen LogP contribution in [-0.4, -0.2) is 25.8 Å². The Morgan fingerprint density at radius 2 is 1.68 bits per heavy atom. The summed E-state index contributed by atoms with van der Waals surface area (Å²) < 4.78 is 49.2. The fraction of sp³-hybridized carbons (Fsp3) is 0.417. The topological polar surface area (TPSA) is 63.2 Å². The molecule has 1 aromatic rings. The molecule has 0 unspecified atom stereocenters. The molecule has 0 atom stereocenters. The molecule has 1 aromatic carbocycles. The molecule has 1 heterocycles. The number of carbonyl (C=O) groups is 1. The molecule has 0 aromatic heterocycles. The summed E-state index contributed by atoms with van der Waals surface area (Å²) in [5.74, 6) is -2.90. The van der Waals surface area contributed by atoms with Crippen LogP contribution in [0.3, 0.4) is 0 Å². The first-order valence-corrected chi connectivity index (χ1v) is 7.66. The van der Waals surface area contributed by atoms with Gasteiger partial charge in [0, 0.05) is 5.92 Å². The Morgan fingerprint density at radius 3 is 2.21 bits per heavy atom. The summed E-state index contributed by atoms with van der Waals surface area (Å²) in [7, 11) is -3.07. The Bertz CT molecular complexity index is 567. The molecule has 4 nitrogen and oxygen atoms in total. The predicted molar refractivity (Wildman–Crippen MR) is 66.4 cm³/mol. The number of sulfone groups is 1. The van der Waals surface area contributed by atoms with Crippen molar-refractivity contribution in [2.24, 2.45) is 5.92 Å². The second-order valence-corrected chi connectivity index (χ2v) is 6.82. The maximum atomic E-state index is 13.4. The Morgan fingerprint density at radius 1 is 1.16 bits per heavy atom. The SMILES string of the molecule is O=C(Nc1c(F)cccc1F)C1CCS(=O)(=O)CC1. The second-order valence-electron chi connectivity index (χ2n) is 4.51. The van der Waals surface area contributed by atoms with Gasteiger partial charge in [0.15, 0.2) is 0 Å². The van der Waals surface area contributed by atoms with Gasteiger partial charge in [-0.15, -0.1) is 0 Å². The zero-order valence-electron chi connectivity index (χ0n) is 10.0. The molecular formula is C12H13F2NO3S. The number of hydrogen-bond donors (Lipinski definition) is 1. The number of anilines is 1. The van der Waals surface area contributed by atoms with Crippen LogP contribution >= 0.6 is 0 Å². The highest BCUT2D eigenvalue weighted by Crippen LogP contribution is 2.23. The summed E-state index contributed by atoms with van der Waals surface area (Å²) in [6.45, 7) is 0. The van der Waals surface area contributed by atoms with Crippen LogP contribution in [-0.2, 0) is 14.6 Å². The third-order valence-corrected chi connectivity index (χ3v) is 4.85. The maximum Gasteiger partial charge on any atom is 0.227 e. The van der Waals surface area contributed by atoms with Crippen molar-refractivity contribution in [3.05, 3.63) is 29.8 Å². The van der Waals surface area contributed by atoms with Gasteiger partial charge in [-0.3, -0.25) is 4.79 Å². The summed E-state index contributed by atoms with van der Waals surface area (Å²) in [6, 6.07) is 3.29. The van der Waals surface area contributed by atoms with Crippen molar-refractivity contribution in [2.45, 2.75) is 12.8 Å². The van der Waals surface area contributed by atoms with Crippen LogP contribution in [0.15, 0.2) is 18.2 Å². The molecule has 1 aliphatic rings. The second kappa shape index (κ2) is 5.24. The quantitative estimate of drug-likeness (QED) is 0.902. The van der Waals surface area contributed by atoms with Gasteiger partial charge < -0.3 is 5.32 Å². The number of rotatable bonds is 2. The van der Waals surface area contributed by atoms with E-state index in [0.717, 1.165) is 12.1 Å². The minimum absolute atomic E-state index is 0.0646. The van der Waals surface area contributed by atoms with Crippen LogP contribution in [0.5, 0.6) is 0 Å². The summed E-state index contributed by atoms with van der Waals surface area (Å²) in [5, 5.41) is 2.19. The largest absolute Gasteiger partial charge is 0.321 e. The fourth-order valence-electron chi connectivity index (χ4n) is 1.99. The Balaban J connectivity index is 2.06. The minimum Gasteiger partial charge on any atom is -0.321 e. The number of nitrogens with one attached hydrogen (secondary N) is 1. The third kappa shape index (κ3) is 3.28. The van der Waals surface area contributed by atoms with Gasteiger partial charge in [0.25, 0.3) is 0 Å². The van der Waals surface area contributed by atoms with Gasteiger partial charge in [-0.25, -0.2) is 17.2 Å². The average Bonchev–Trinajstić information content (AvgIpc) is 2.33. The van der Waals surface area contributed by atoms with Crippen molar-refractivity contribution < 1.29 is 22.0 Å². The van der Waals surface area contributed by atoms with Crippen LogP contribution in [0.2, 0.25) is 0 Å². The molecule has 1 fully saturated rings. The van der Waals surface area contributed by atoms with Crippen molar-refractivity contribution in [3.63, 3.8) is 0 Å². The minimum atomic E-state index is -3.07. The van der Waals surface area contributed by atoms with Gasteiger partial charge in [-0.05, 0) is 25.0 Å². The lowest BCUT2D eigenvalue weighted by Crippen LogP contribution is -2.32. The monoisotopic (exact) mass is 289 g/mol. The summed E-state index contributed by atoms with van der Waals surface area (Å²) in [6.07, 6.45) is 0.370. The Hall–Kier alpha value is -1.50. The molecule has 104 valence electrons. The number of halogens is 2. The Labute approximate surface area is 109 Å². The van der Waals surface area contributed by atoms with Crippen LogP contribution in [0.4, 0.5) is 14.5 Å². The van der Waals surface area contributed by atoms with Crippen molar-refractivity contribution in [1.82, 2.24) is 0 Å². The highest BCUT2D eigenvalue weighted by atomic mass is 32.2. The summed E-state index contributed by atoms with van der Waals surface area (Å²) >= 11 is 0. The molecule has 0 spiro atoms. The molecule has 1 aliphatic heterocycles. The highest BCUT2D eigenvalue weighted by Gasteiger charge is 2.29. The smallest absolute Gasteiger partial charge is 0.227 e. The lowest BCUT2D eigenvalue weighted by molar-refractivity contribution is -0.120. The molecule has 1 amide bonds. The molecule has 7 heteroatoms. The molecular weight excluding hydrogens is 276 g/mol. The molecule has 1 N–H and O–H groups in total. The van der Waals surface area contributed by atoms with E-state index in [4.69, 9.17) is 0 Å². The van der Waals surface area contributed by atoms with E-state index in [1.54, 1.807) is 0 Å². The first-order valence-electron chi connectivity index (χ1n) is 5.84. The van der Waals surface area contributed by atoms with E-state index in [1.165, 1.54) is 6.07 Å². The molecule has 0 radical (unpaired) electrons. The number of para-hydroxylation sites is 1. The number of amides is 1. The van der Waals surface area contributed by atoms with Crippen LogP contribution in [0.25, 0.3) is 0 Å². The standard InChI is InChI=1S/C12H13F2NO3S/c13-9-2-1-3-10(14)11(9)15-12(16)8-4-6-19(17,18)7-5-8/h1-3,8H,4-7H2,(H,15,16). The van der Waals surface area contributed by atoms with Gasteiger partial charge in [-0.1, -0.05) is 6.07 Å². The van der Waals surface area contributed by atoms with Gasteiger partial charge >= 0.3 is 0 Å².